The van der Waals surface area contributed by atoms with E-state index < -0.39 is 30.7 Å². The third kappa shape index (κ3) is 9.41. The van der Waals surface area contributed by atoms with E-state index in [2.05, 4.69) is 49.4 Å². The van der Waals surface area contributed by atoms with Gasteiger partial charge in [0.15, 0.2) is 0 Å². The zero-order valence-corrected chi connectivity index (χ0v) is 27.7. The van der Waals surface area contributed by atoms with Crippen LogP contribution in [0.5, 0.6) is 5.75 Å². The average molecular weight is 645 g/mol. The molecule has 0 aliphatic carbocycles. The van der Waals surface area contributed by atoms with E-state index >= 15 is 0 Å². The maximum Gasteiger partial charge on any atom is 0.229 e. The molecule has 5 aromatic rings. The summed E-state index contributed by atoms with van der Waals surface area (Å²) < 4.78 is 40.1. The van der Waals surface area contributed by atoms with Gasteiger partial charge in [-0.25, -0.2) is 0 Å². The highest BCUT2D eigenvalue weighted by molar-refractivity contribution is 5.36. The summed E-state index contributed by atoms with van der Waals surface area (Å²) in [6.07, 6.45) is -3.00. The summed E-state index contributed by atoms with van der Waals surface area (Å²) in [5.74, 6) is 0.730. The average Bonchev–Trinajstić information content (AvgIpc) is 3.12. The number of benzene rings is 5. The van der Waals surface area contributed by atoms with Crippen molar-refractivity contribution in [2.24, 2.45) is 0 Å². The van der Waals surface area contributed by atoms with Crippen LogP contribution in [-0.2, 0) is 50.1 Å². The summed E-state index contributed by atoms with van der Waals surface area (Å²) in [6.45, 7) is 5.94. The molecule has 1 saturated heterocycles. The van der Waals surface area contributed by atoms with Crippen LogP contribution >= 0.6 is 0 Å². The first-order chi connectivity index (χ1) is 23.6. The van der Waals surface area contributed by atoms with Crippen LogP contribution in [-0.4, -0.2) is 37.3 Å². The van der Waals surface area contributed by atoms with Gasteiger partial charge in [-0.2, -0.15) is 0 Å². The van der Waals surface area contributed by atoms with Gasteiger partial charge in [0, 0.05) is 0 Å². The van der Waals surface area contributed by atoms with Crippen LogP contribution < -0.4 is 4.74 Å². The Morgan fingerprint density at radius 3 is 1.46 bits per heavy atom. The highest BCUT2D eigenvalue weighted by Crippen LogP contribution is 2.33. The minimum atomic E-state index is -0.794. The van der Waals surface area contributed by atoms with Crippen LogP contribution in [0.3, 0.4) is 0 Å². The maximum absolute atomic E-state index is 6.82. The van der Waals surface area contributed by atoms with Crippen LogP contribution in [0.1, 0.15) is 33.4 Å². The van der Waals surface area contributed by atoms with Crippen molar-refractivity contribution in [1.29, 1.82) is 0 Å². The molecule has 5 aromatic carbocycles. The molecule has 0 saturated carbocycles. The molecule has 6 rings (SSSR count). The van der Waals surface area contributed by atoms with E-state index in [0.29, 0.717) is 26.4 Å². The zero-order chi connectivity index (χ0) is 33.0. The summed E-state index contributed by atoms with van der Waals surface area (Å²) in [7, 11) is 0. The van der Waals surface area contributed by atoms with Gasteiger partial charge in [-0.3, -0.25) is 0 Å². The molecule has 1 aliphatic heterocycles. The first-order valence-electron chi connectivity index (χ1n) is 16.6. The second kappa shape index (κ2) is 17.2. The van der Waals surface area contributed by atoms with Gasteiger partial charge in [0.05, 0.1) is 33.0 Å². The Morgan fingerprint density at radius 2 is 0.958 bits per heavy atom. The molecule has 0 spiro atoms. The molecule has 0 radical (unpaired) electrons. The monoisotopic (exact) mass is 644 g/mol. The molecule has 0 N–H and O–H groups in total. The lowest BCUT2D eigenvalue weighted by atomic mass is 9.97. The van der Waals surface area contributed by atoms with E-state index in [1.807, 2.05) is 104 Å². The second-order valence-electron chi connectivity index (χ2n) is 12.2. The molecule has 5 atom stereocenters. The second-order valence-corrected chi connectivity index (χ2v) is 12.2. The third-order valence-corrected chi connectivity index (χ3v) is 8.41. The van der Waals surface area contributed by atoms with Crippen LogP contribution in [0.2, 0.25) is 0 Å². The number of ether oxygens (including phenoxy) is 6. The van der Waals surface area contributed by atoms with Crippen LogP contribution in [0, 0.1) is 13.8 Å². The lowest BCUT2D eigenvalue weighted by Crippen LogP contribution is -2.62. The van der Waals surface area contributed by atoms with Gasteiger partial charge in [0.1, 0.15) is 30.2 Å². The van der Waals surface area contributed by atoms with Crippen molar-refractivity contribution >= 4 is 0 Å². The highest BCUT2D eigenvalue weighted by atomic mass is 16.7. The number of hydrogen-bond acceptors (Lipinski definition) is 6. The van der Waals surface area contributed by atoms with Crippen molar-refractivity contribution in [3.63, 3.8) is 0 Å². The molecular formula is C42H44O6. The van der Waals surface area contributed by atoms with Gasteiger partial charge >= 0.3 is 0 Å². The van der Waals surface area contributed by atoms with E-state index in [4.69, 9.17) is 28.4 Å². The topological polar surface area (TPSA) is 55.4 Å². The first kappa shape index (κ1) is 33.6. The van der Waals surface area contributed by atoms with Gasteiger partial charge in [-0.1, -0.05) is 139 Å². The van der Waals surface area contributed by atoms with Gasteiger partial charge in [-0.15, -0.1) is 0 Å². The predicted octanol–water partition coefficient (Wildman–Crippen LogP) is 8.38. The molecular weight excluding hydrogens is 600 g/mol. The summed E-state index contributed by atoms with van der Waals surface area (Å²) in [5, 5.41) is 0. The molecule has 3 unspecified atom stereocenters. The number of rotatable bonds is 15. The van der Waals surface area contributed by atoms with Crippen molar-refractivity contribution in [1.82, 2.24) is 0 Å². The quantitative estimate of drug-likeness (QED) is 0.114. The van der Waals surface area contributed by atoms with Gasteiger partial charge in [0.2, 0.25) is 6.29 Å². The molecule has 6 heteroatoms. The minimum absolute atomic E-state index is 0.275. The van der Waals surface area contributed by atoms with E-state index in [9.17, 15) is 0 Å². The molecule has 0 bridgehead atoms. The fraction of sp³-hybridized carbons (Fsp3) is 0.286. The van der Waals surface area contributed by atoms with E-state index in [0.717, 1.165) is 39.1 Å². The summed E-state index contributed by atoms with van der Waals surface area (Å²) in [5.41, 5.74) is 6.40. The molecule has 48 heavy (non-hydrogen) atoms. The molecule has 6 nitrogen and oxygen atoms in total. The molecule has 0 aromatic heterocycles. The summed E-state index contributed by atoms with van der Waals surface area (Å²) in [6, 6.07) is 46.7. The summed E-state index contributed by atoms with van der Waals surface area (Å²) >= 11 is 0. The molecule has 1 aliphatic rings. The normalized spacial score (nSPS) is 20.8. The zero-order valence-electron chi connectivity index (χ0n) is 27.7. The van der Waals surface area contributed by atoms with Gasteiger partial charge in [0.25, 0.3) is 0 Å². The summed E-state index contributed by atoms with van der Waals surface area (Å²) in [4.78, 5) is 0. The lowest BCUT2D eigenvalue weighted by Gasteiger charge is -2.45. The van der Waals surface area contributed by atoms with Crippen LogP contribution in [0.25, 0.3) is 0 Å². The smallest absolute Gasteiger partial charge is 0.229 e. The van der Waals surface area contributed by atoms with Crippen LogP contribution in [0.4, 0.5) is 0 Å². The van der Waals surface area contributed by atoms with E-state index in [1.54, 1.807) is 0 Å². The Balaban J connectivity index is 1.33. The third-order valence-electron chi connectivity index (χ3n) is 8.41. The molecule has 1 fully saturated rings. The van der Waals surface area contributed by atoms with E-state index in [1.165, 1.54) is 0 Å². The lowest BCUT2D eigenvalue weighted by molar-refractivity contribution is -0.310. The Kier molecular flexibility index (Phi) is 12.0. The maximum atomic E-state index is 6.82. The van der Waals surface area contributed by atoms with Crippen molar-refractivity contribution < 1.29 is 28.4 Å². The van der Waals surface area contributed by atoms with Crippen molar-refractivity contribution in [2.45, 2.75) is 71.0 Å². The SMILES string of the molecule is Cc1ccc(O[C@@H]2OC(COCc3ccccc3)[C@H](OCc3ccccc3)C(OCc3ccccc3)C2OCc2ccccc2)c(C)c1. The van der Waals surface area contributed by atoms with Crippen molar-refractivity contribution in [3.05, 3.63) is 173 Å². The van der Waals surface area contributed by atoms with Gasteiger partial charge < -0.3 is 28.4 Å². The van der Waals surface area contributed by atoms with Crippen molar-refractivity contribution in [2.75, 3.05) is 6.61 Å². The van der Waals surface area contributed by atoms with Crippen molar-refractivity contribution in [3.8, 4) is 5.75 Å². The molecule has 248 valence electrons. The minimum Gasteiger partial charge on any atom is -0.462 e. The Hall–Kier alpha value is -4.30. The van der Waals surface area contributed by atoms with Crippen LogP contribution in [0.15, 0.2) is 140 Å². The Labute approximate surface area is 284 Å². The molecule has 1 heterocycles. The fourth-order valence-corrected chi connectivity index (χ4v) is 5.90. The first-order valence-corrected chi connectivity index (χ1v) is 16.6. The molecule has 0 amide bonds. The number of aryl methyl sites for hydroxylation is 2. The van der Waals surface area contributed by atoms with E-state index in [-0.39, 0.29) is 6.61 Å². The standard InChI is InChI=1S/C42H44O6/c1-31-23-24-37(32(2)25-31)47-42-41(46-29-36-21-13-6-14-22-36)40(45-28-35-19-11-5-12-20-35)39(44-27-34-17-9-4-10-18-34)38(48-42)30-43-26-33-15-7-3-8-16-33/h3-25,38-42H,26-30H2,1-2H3/t38?,39-,40?,41?,42+/m0/s1. The Bertz CT molecular complexity index is 1650. The fourth-order valence-electron chi connectivity index (χ4n) is 5.90. The highest BCUT2D eigenvalue weighted by Gasteiger charge is 2.50. The number of hydrogen-bond donors (Lipinski definition) is 0. The Morgan fingerprint density at radius 1 is 0.500 bits per heavy atom. The van der Waals surface area contributed by atoms with Gasteiger partial charge in [-0.05, 0) is 47.7 Å². The predicted molar refractivity (Wildman–Crippen MR) is 186 cm³/mol. The largest absolute Gasteiger partial charge is 0.462 e.